The van der Waals surface area contributed by atoms with Crippen LogP contribution in [0.2, 0.25) is 0 Å². The van der Waals surface area contributed by atoms with Gasteiger partial charge in [-0.2, -0.15) is 0 Å². The second-order valence-corrected chi connectivity index (χ2v) is 9.19. The first-order valence-electron chi connectivity index (χ1n) is 10.8. The monoisotopic (exact) mass is 437 g/mol. The average Bonchev–Trinajstić information content (AvgIpc) is 3.06. The number of aryl methyl sites for hydroxylation is 1. The highest BCUT2D eigenvalue weighted by atomic mass is 32.2. The van der Waals surface area contributed by atoms with Crippen molar-refractivity contribution in [2.24, 2.45) is 0 Å². The first-order chi connectivity index (χ1) is 15.0. The standard InChI is InChI=1S/C24H27N3O3S/c1-17-10-12-18(13-11-17)25-21(28)16-27-19-8-4-5-9-20(19)31-22(24(27)30)23(29)26-14-6-2-3-7-15-26/h4-5,8-13,22H,2-3,6-7,14-16H2,1H3,(H,25,28)/t22-/m0/s1. The molecular weight excluding hydrogens is 410 g/mol. The van der Waals surface area contributed by atoms with Gasteiger partial charge in [-0.3, -0.25) is 14.4 Å². The summed E-state index contributed by atoms with van der Waals surface area (Å²) in [5.41, 5.74) is 2.46. The molecule has 0 bridgehead atoms. The van der Waals surface area contributed by atoms with Crippen LogP contribution in [-0.4, -0.2) is 47.5 Å². The van der Waals surface area contributed by atoms with Gasteiger partial charge in [0.25, 0.3) is 5.91 Å². The quantitative estimate of drug-likeness (QED) is 0.738. The van der Waals surface area contributed by atoms with Crippen LogP contribution in [0.5, 0.6) is 0 Å². The predicted octanol–water partition coefficient (Wildman–Crippen LogP) is 3.84. The molecule has 0 aromatic heterocycles. The van der Waals surface area contributed by atoms with Crippen molar-refractivity contribution in [2.45, 2.75) is 42.8 Å². The topological polar surface area (TPSA) is 69.7 Å². The van der Waals surface area contributed by atoms with Crippen LogP contribution in [0.15, 0.2) is 53.4 Å². The van der Waals surface area contributed by atoms with Crippen molar-refractivity contribution < 1.29 is 14.4 Å². The van der Waals surface area contributed by atoms with Gasteiger partial charge >= 0.3 is 0 Å². The number of fused-ring (bicyclic) bond motifs is 1. The van der Waals surface area contributed by atoms with Crippen LogP contribution in [0.3, 0.4) is 0 Å². The molecule has 1 fully saturated rings. The van der Waals surface area contributed by atoms with Crippen molar-refractivity contribution in [3.8, 4) is 0 Å². The first kappa shape index (κ1) is 21.4. The molecule has 0 saturated carbocycles. The van der Waals surface area contributed by atoms with E-state index in [0.29, 0.717) is 24.5 Å². The summed E-state index contributed by atoms with van der Waals surface area (Å²) in [6, 6.07) is 15.0. The number of nitrogens with zero attached hydrogens (tertiary/aromatic N) is 2. The lowest BCUT2D eigenvalue weighted by Gasteiger charge is -2.34. The summed E-state index contributed by atoms with van der Waals surface area (Å²) in [6.45, 7) is 3.24. The molecule has 0 unspecified atom stereocenters. The predicted molar refractivity (Wildman–Crippen MR) is 123 cm³/mol. The number of nitrogens with one attached hydrogen (secondary N) is 1. The first-order valence-corrected chi connectivity index (χ1v) is 11.6. The highest BCUT2D eigenvalue weighted by Gasteiger charge is 2.40. The average molecular weight is 438 g/mol. The van der Waals surface area contributed by atoms with Crippen molar-refractivity contribution in [1.29, 1.82) is 0 Å². The van der Waals surface area contributed by atoms with Gasteiger partial charge in [-0.1, -0.05) is 42.7 Å². The van der Waals surface area contributed by atoms with Crippen molar-refractivity contribution in [3.05, 3.63) is 54.1 Å². The van der Waals surface area contributed by atoms with Gasteiger partial charge in [-0.05, 0) is 44.0 Å². The van der Waals surface area contributed by atoms with Crippen LogP contribution >= 0.6 is 11.8 Å². The van der Waals surface area contributed by atoms with Gasteiger partial charge in [0.05, 0.1) is 5.69 Å². The van der Waals surface area contributed by atoms with Crippen LogP contribution in [0.1, 0.15) is 31.2 Å². The number of anilines is 2. The van der Waals surface area contributed by atoms with Crippen LogP contribution in [0.4, 0.5) is 11.4 Å². The molecular formula is C24H27N3O3S. The number of hydrogen-bond donors (Lipinski definition) is 1. The van der Waals surface area contributed by atoms with Crippen molar-refractivity contribution in [1.82, 2.24) is 4.90 Å². The summed E-state index contributed by atoms with van der Waals surface area (Å²) in [5.74, 6) is -0.757. The van der Waals surface area contributed by atoms with Crippen LogP contribution < -0.4 is 10.2 Å². The third-order valence-electron chi connectivity index (χ3n) is 5.67. The number of benzene rings is 2. The zero-order valence-corrected chi connectivity index (χ0v) is 18.5. The van der Waals surface area contributed by atoms with Crippen molar-refractivity contribution in [3.63, 3.8) is 0 Å². The molecule has 1 N–H and O–H groups in total. The molecule has 2 aromatic rings. The summed E-state index contributed by atoms with van der Waals surface area (Å²) < 4.78 is 0. The molecule has 2 aliphatic heterocycles. The Kier molecular flexibility index (Phi) is 6.61. The molecule has 1 saturated heterocycles. The largest absolute Gasteiger partial charge is 0.341 e. The fourth-order valence-electron chi connectivity index (χ4n) is 3.97. The number of thioether (sulfide) groups is 1. The summed E-state index contributed by atoms with van der Waals surface area (Å²) in [7, 11) is 0. The summed E-state index contributed by atoms with van der Waals surface area (Å²) in [4.78, 5) is 43.5. The fraction of sp³-hybridized carbons (Fsp3) is 0.375. The van der Waals surface area contributed by atoms with E-state index in [-0.39, 0.29) is 24.3 Å². The maximum atomic E-state index is 13.4. The lowest BCUT2D eigenvalue weighted by Crippen LogP contribution is -2.51. The van der Waals surface area contributed by atoms with E-state index in [2.05, 4.69) is 5.32 Å². The molecule has 4 rings (SSSR count). The molecule has 0 spiro atoms. The van der Waals surface area contributed by atoms with Gasteiger partial charge in [-0.25, -0.2) is 0 Å². The van der Waals surface area contributed by atoms with Gasteiger partial charge < -0.3 is 15.1 Å². The molecule has 162 valence electrons. The Labute approximate surface area is 187 Å². The Morgan fingerprint density at radius 3 is 2.39 bits per heavy atom. The van der Waals surface area contributed by atoms with E-state index in [4.69, 9.17) is 0 Å². The number of rotatable bonds is 4. The Balaban J connectivity index is 1.54. The molecule has 3 amide bonds. The number of carbonyl (C=O) groups is 3. The highest BCUT2D eigenvalue weighted by molar-refractivity contribution is 8.01. The van der Waals surface area contributed by atoms with Gasteiger partial charge in [0.2, 0.25) is 11.8 Å². The van der Waals surface area contributed by atoms with Gasteiger partial charge in [0, 0.05) is 23.7 Å². The normalized spacial score (nSPS) is 18.9. The van der Waals surface area contributed by atoms with E-state index in [1.807, 2.05) is 60.4 Å². The second kappa shape index (κ2) is 9.56. The number of carbonyl (C=O) groups excluding carboxylic acids is 3. The van der Waals surface area contributed by atoms with Crippen LogP contribution in [0.25, 0.3) is 0 Å². The van der Waals surface area contributed by atoms with E-state index in [0.717, 1.165) is 36.1 Å². The molecule has 2 heterocycles. The highest BCUT2D eigenvalue weighted by Crippen LogP contribution is 2.39. The maximum absolute atomic E-state index is 13.4. The van der Waals surface area contributed by atoms with E-state index in [1.54, 1.807) is 0 Å². The SMILES string of the molecule is Cc1ccc(NC(=O)CN2C(=O)[C@H](C(=O)N3CCCCCC3)Sc3ccccc32)cc1. The smallest absolute Gasteiger partial charge is 0.250 e. The number of hydrogen-bond acceptors (Lipinski definition) is 4. The van der Waals surface area contributed by atoms with Gasteiger partial charge in [0.15, 0.2) is 5.25 Å². The molecule has 7 heteroatoms. The zero-order valence-electron chi connectivity index (χ0n) is 17.7. The Morgan fingerprint density at radius 2 is 1.68 bits per heavy atom. The van der Waals surface area contributed by atoms with E-state index < -0.39 is 5.25 Å². The molecule has 2 aliphatic rings. The minimum Gasteiger partial charge on any atom is -0.341 e. The minimum absolute atomic E-state index is 0.131. The van der Waals surface area contributed by atoms with Gasteiger partial charge in [0.1, 0.15) is 6.54 Å². The molecule has 0 aliphatic carbocycles. The Morgan fingerprint density at radius 1 is 1.00 bits per heavy atom. The van der Waals surface area contributed by atoms with Crippen molar-refractivity contribution >= 4 is 40.9 Å². The van der Waals surface area contributed by atoms with E-state index in [1.165, 1.54) is 16.7 Å². The van der Waals surface area contributed by atoms with Crippen molar-refractivity contribution in [2.75, 3.05) is 29.9 Å². The van der Waals surface area contributed by atoms with Crippen LogP contribution in [-0.2, 0) is 14.4 Å². The Bertz CT molecular complexity index is 968. The van der Waals surface area contributed by atoms with E-state index in [9.17, 15) is 14.4 Å². The number of amides is 3. The minimum atomic E-state index is -0.847. The third kappa shape index (κ3) is 4.93. The second-order valence-electron chi connectivity index (χ2n) is 8.04. The zero-order chi connectivity index (χ0) is 21.8. The van der Waals surface area contributed by atoms with Gasteiger partial charge in [-0.15, -0.1) is 11.8 Å². The molecule has 31 heavy (non-hydrogen) atoms. The number of likely N-dealkylation sites (tertiary alicyclic amines) is 1. The fourth-order valence-corrected chi connectivity index (χ4v) is 5.16. The molecule has 6 nitrogen and oxygen atoms in total. The third-order valence-corrected chi connectivity index (χ3v) is 6.91. The lowest BCUT2D eigenvalue weighted by molar-refractivity contribution is -0.135. The lowest BCUT2D eigenvalue weighted by atomic mass is 10.2. The van der Waals surface area contributed by atoms with E-state index >= 15 is 0 Å². The molecule has 2 aromatic carbocycles. The number of para-hydroxylation sites is 1. The Hall–Kier alpha value is -2.80. The maximum Gasteiger partial charge on any atom is 0.250 e. The summed E-state index contributed by atoms with van der Waals surface area (Å²) in [6.07, 6.45) is 4.17. The molecule has 0 radical (unpaired) electrons. The van der Waals surface area contributed by atoms with Crippen LogP contribution in [0, 0.1) is 6.92 Å². The molecule has 1 atom stereocenters. The summed E-state index contributed by atoms with van der Waals surface area (Å²) in [5, 5.41) is 2.00. The summed E-state index contributed by atoms with van der Waals surface area (Å²) >= 11 is 1.30.